The van der Waals surface area contributed by atoms with Crippen molar-refractivity contribution in [2.75, 3.05) is 0 Å². The molecule has 0 N–H and O–H groups in total. The number of hydrogen-bond donors (Lipinski definition) is 0. The van der Waals surface area contributed by atoms with Crippen LogP contribution in [0.4, 0.5) is 4.39 Å². The van der Waals surface area contributed by atoms with E-state index in [1.807, 2.05) is 36.0 Å². The number of rotatable bonds is 3. The van der Waals surface area contributed by atoms with Crippen LogP contribution in [0.1, 0.15) is 18.5 Å². The van der Waals surface area contributed by atoms with Crippen LogP contribution in [-0.4, -0.2) is 14.8 Å². The standard InChI is InChI=1S/C16H13BrFN3/c1-11(12-5-7-14(18)8-6-12)21-10-13(9-19-21)15-3-2-4-16(17)20-15/h2-11H,1H3. The molecule has 21 heavy (non-hydrogen) atoms. The molecular weight excluding hydrogens is 333 g/mol. The van der Waals surface area contributed by atoms with Crippen molar-refractivity contribution in [1.82, 2.24) is 14.8 Å². The van der Waals surface area contributed by atoms with Crippen LogP contribution in [-0.2, 0) is 0 Å². The molecule has 0 saturated heterocycles. The fraction of sp³-hybridized carbons (Fsp3) is 0.125. The van der Waals surface area contributed by atoms with E-state index < -0.39 is 0 Å². The number of hydrogen-bond acceptors (Lipinski definition) is 2. The van der Waals surface area contributed by atoms with Crippen molar-refractivity contribution >= 4 is 15.9 Å². The molecule has 0 amide bonds. The molecule has 106 valence electrons. The molecule has 2 heterocycles. The van der Waals surface area contributed by atoms with Gasteiger partial charge in [0.25, 0.3) is 0 Å². The summed E-state index contributed by atoms with van der Waals surface area (Å²) >= 11 is 3.36. The van der Waals surface area contributed by atoms with Gasteiger partial charge < -0.3 is 0 Å². The Bertz CT molecular complexity index is 752. The summed E-state index contributed by atoms with van der Waals surface area (Å²) in [5.74, 6) is -0.231. The highest BCUT2D eigenvalue weighted by Crippen LogP contribution is 2.22. The summed E-state index contributed by atoms with van der Waals surface area (Å²) in [6.45, 7) is 2.03. The Kier molecular flexibility index (Phi) is 3.84. The number of halogens is 2. The van der Waals surface area contributed by atoms with Gasteiger partial charge in [-0.1, -0.05) is 18.2 Å². The van der Waals surface area contributed by atoms with Crippen LogP contribution in [0.5, 0.6) is 0 Å². The Morgan fingerprint density at radius 2 is 1.90 bits per heavy atom. The molecule has 0 bridgehead atoms. The number of pyridine rings is 1. The lowest BCUT2D eigenvalue weighted by atomic mass is 10.1. The molecule has 0 aliphatic heterocycles. The summed E-state index contributed by atoms with van der Waals surface area (Å²) < 4.78 is 15.6. The van der Waals surface area contributed by atoms with E-state index >= 15 is 0 Å². The summed E-state index contributed by atoms with van der Waals surface area (Å²) in [6, 6.07) is 12.3. The van der Waals surface area contributed by atoms with Crippen molar-refractivity contribution in [2.45, 2.75) is 13.0 Å². The second-order valence-electron chi connectivity index (χ2n) is 4.78. The Morgan fingerprint density at radius 1 is 1.14 bits per heavy atom. The van der Waals surface area contributed by atoms with Crippen LogP contribution in [0.2, 0.25) is 0 Å². The van der Waals surface area contributed by atoms with E-state index in [0.29, 0.717) is 0 Å². The van der Waals surface area contributed by atoms with Gasteiger partial charge in [-0.3, -0.25) is 4.68 Å². The lowest BCUT2D eigenvalue weighted by Crippen LogP contribution is -2.06. The van der Waals surface area contributed by atoms with Crippen LogP contribution < -0.4 is 0 Å². The lowest BCUT2D eigenvalue weighted by molar-refractivity contribution is 0.561. The highest BCUT2D eigenvalue weighted by Gasteiger charge is 2.11. The lowest BCUT2D eigenvalue weighted by Gasteiger charge is -2.12. The normalized spacial score (nSPS) is 12.3. The van der Waals surface area contributed by atoms with Crippen molar-refractivity contribution in [3.05, 3.63) is 70.8 Å². The third-order valence-electron chi connectivity index (χ3n) is 3.36. The van der Waals surface area contributed by atoms with E-state index in [-0.39, 0.29) is 11.9 Å². The first-order valence-electron chi connectivity index (χ1n) is 6.56. The van der Waals surface area contributed by atoms with Gasteiger partial charge in [0.05, 0.1) is 17.9 Å². The van der Waals surface area contributed by atoms with Gasteiger partial charge in [0, 0.05) is 11.8 Å². The molecule has 0 spiro atoms. The van der Waals surface area contributed by atoms with Crippen LogP contribution in [0, 0.1) is 5.82 Å². The van der Waals surface area contributed by atoms with E-state index in [0.717, 1.165) is 21.4 Å². The van der Waals surface area contributed by atoms with Gasteiger partial charge in [0.15, 0.2) is 0 Å². The molecule has 3 rings (SSSR count). The quantitative estimate of drug-likeness (QED) is 0.656. The maximum atomic E-state index is 13.0. The Hall–Kier alpha value is -2.01. The summed E-state index contributed by atoms with van der Waals surface area (Å²) in [4.78, 5) is 4.41. The van der Waals surface area contributed by atoms with Gasteiger partial charge >= 0.3 is 0 Å². The Balaban J connectivity index is 1.89. The van der Waals surface area contributed by atoms with Crippen LogP contribution in [0.3, 0.4) is 0 Å². The summed E-state index contributed by atoms with van der Waals surface area (Å²) in [7, 11) is 0. The third-order valence-corrected chi connectivity index (χ3v) is 3.80. The fourth-order valence-corrected chi connectivity index (χ4v) is 2.49. The van der Waals surface area contributed by atoms with Crippen molar-refractivity contribution in [3.8, 4) is 11.3 Å². The molecule has 0 fully saturated rings. The molecule has 1 atom stereocenters. The van der Waals surface area contributed by atoms with Gasteiger partial charge in [0.2, 0.25) is 0 Å². The maximum absolute atomic E-state index is 13.0. The minimum Gasteiger partial charge on any atom is -0.265 e. The Labute approximate surface area is 130 Å². The van der Waals surface area contributed by atoms with E-state index in [4.69, 9.17) is 0 Å². The molecule has 1 aromatic carbocycles. The molecule has 0 saturated carbocycles. The van der Waals surface area contributed by atoms with Gasteiger partial charge in [-0.15, -0.1) is 0 Å². The average molecular weight is 346 g/mol. The predicted octanol–water partition coefficient (Wildman–Crippen LogP) is 4.46. The van der Waals surface area contributed by atoms with Crippen molar-refractivity contribution in [3.63, 3.8) is 0 Å². The molecule has 0 aliphatic carbocycles. The smallest absolute Gasteiger partial charge is 0.123 e. The van der Waals surface area contributed by atoms with Gasteiger partial charge in [-0.05, 0) is 52.7 Å². The van der Waals surface area contributed by atoms with E-state index in [1.54, 1.807) is 18.3 Å². The minimum absolute atomic E-state index is 0.0338. The zero-order chi connectivity index (χ0) is 14.8. The monoisotopic (exact) mass is 345 g/mol. The molecule has 0 aliphatic rings. The van der Waals surface area contributed by atoms with E-state index in [2.05, 4.69) is 26.0 Å². The fourth-order valence-electron chi connectivity index (χ4n) is 2.15. The molecule has 1 unspecified atom stereocenters. The van der Waals surface area contributed by atoms with Crippen molar-refractivity contribution in [2.24, 2.45) is 0 Å². The first-order chi connectivity index (χ1) is 10.1. The van der Waals surface area contributed by atoms with Crippen LogP contribution in [0.15, 0.2) is 59.5 Å². The SMILES string of the molecule is CC(c1ccc(F)cc1)n1cc(-c2cccc(Br)n2)cn1. The second kappa shape index (κ2) is 5.77. The average Bonchev–Trinajstić information content (AvgIpc) is 2.97. The first kappa shape index (κ1) is 13.9. The zero-order valence-electron chi connectivity index (χ0n) is 11.4. The minimum atomic E-state index is -0.231. The first-order valence-corrected chi connectivity index (χ1v) is 7.35. The third kappa shape index (κ3) is 3.03. The van der Waals surface area contributed by atoms with Crippen LogP contribution in [0.25, 0.3) is 11.3 Å². The highest BCUT2D eigenvalue weighted by atomic mass is 79.9. The Morgan fingerprint density at radius 3 is 2.62 bits per heavy atom. The highest BCUT2D eigenvalue weighted by molar-refractivity contribution is 9.10. The number of nitrogens with zero attached hydrogens (tertiary/aromatic N) is 3. The predicted molar refractivity (Wildman–Crippen MR) is 83.4 cm³/mol. The molecule has 3 aromatic rings. The summed E-state index contributed by atoms with van der Waals surface area (Å²) in [6.07, 6.45) is 3.73. The van der Waals surface area contributed by atoms with Gasteiger partial charge in [-0.25, -0.2) is 9.37 Å². The van der Waals surface area contributed by atoms with Crippen molar-refractivity contribution in [1.29, 1.82) is 0 Å². The van der Waals surface area contributed by atoms with Gasteiger partial charge in [0.1, 0.15) is 10.4 Å². The molecular formula is C16H13BrFN3. The molecule has 0 radical (unpaired) electrons. The zero-order valence-corrected chi connectivity index (χ0v) is 13.0. The summed E-state index contributed by atoms with van der Waals surface area (Å²) in [5, 5.41) is 4.39. The molecule has 3 nitrogen and oxygen atoms in total. The van der Waals surface area contributed by atoms with E-state index in [1.165, 1.54) is 12.1 Å². The van der Waals surface area contributed by atoms with E-state index in [9.17, 15) is 4.39 Å². The number of benzene rings is 1. The number of aromatic nitrogens is 3. The topological polar surface area (TPSA) is 30.7 Å². The second-order valence-corrected chi connectivity index (χ2v) is 5.59. The van der Waals surface area contributed by atoms with Gasteiger partial charge in [-0.2, -0.15) is 5.10 Å². The summed E-state index contributed by atoms with van der Waals surface area (Å²) in [5.41, 5.74) is 2.82. The molecule has 5 heteroatoms. The van der Waals surface area contributed by atoms with Crippen LogP contribution >= 0.6 is 15.9 Å². The molecule has 2 aromatic heterocycles. The van der Waals surface area contributed by atoms with Crippen molar-refractivity contribution < 1.29 is 4.39 Å². The largest absolute Gasteiger partial charge is 0.265 e. The maximum Gasteiger partial charge on any atom is 0.123 e.